The van der Waals surface area contributed by atoms with Crippen molar-refractivity contribution in [3.8, 4) is 5.75 Å². The summed E-state index contributed by atoms with van der Waals surface area (Å²) in [5.41, 5.74) is -1.64. The Labute approximate surface area is 96.4 Å². The normalized spacial score (nSPS) is 12.3. The van der Waals surface area contributed by atoms with Crippen LogP contribution in [0.1, 0.15) is 24.5 Å². The minimum absolute atomic E-state index is 0.0479. The van der Waals surface area contributed by atoms with Crippen LogP contribution in [-0.4, -0.2) is 5.11 Å². The summed E-state index contributed by atoms with van der Waals surface area (Å²) < 4.78 is 50.9. The number of phenolic OH excluding ortho intramolecular Hbond substituents is 1. The maximum Gasteiger partial charge on any atom is 0.422 e. The zero-order valence-electron chi connectivity index (χ0n) is 9.18. The van der Waals surface area contributed by atoms with E-state index in [1.54, 1.807) is 19.1 Å². The van der Waals surface area contributed by atoms with Gasteiger partial charge >= 0.3 is 6.18 Å². The van der Waals surface area contributed by atoms with Gasteiger partial charge in [-0.1, -0.05) is 18.2 Å². The molecule has 1 nitrogen and oxygen atoms in total. The molecule has 0 spiro atoms. The number of hydrogen-bond acceptors (Lipinski definition) is 1. The SMILES string of the molecule is C/C=C/CCc1ccc(O)c(C(F)(F)F)c1F. The van der Waals surface area contributed by atoms with E-state index in [0.717, 1.165) is 6.07 Å². The standard InChI is InChI=1S/C12H12F4O/c1-2-3-4-5-8-6-7-9(17)10(11(8)13)12(14,15)16/h2-3,6-7,17H,4-5H2,1H3/b3-2+. The lowest BCUT2D eigenvalue weighted by atomic mass is 10.0. The molecule has 0 amide bonds. The van der Waals surface area contributed by atoms with E-state index in [4.69, 9.17) is 5.11 Å². The van der Waals surface area contributed by atoms with Crippen molar-refractivity contribution >= 4 is 0 Å². The number of phenols is 1. The van der Waals surface area contributed by atoms with Gasteiger partial charge in [-0.2, -0.15) is 13.2 Å². The molecule has 0 fully saturated rings. The summed E-state index contributed by atoms with van der Waals surface area (Å²) in [4.78, 5) is 0. The minimum atomic E-state index is -4.88. The highest BCUT2D eigenvalue weighted by Gasteiger charge is 2.38. The third kappa shape index (κ3) is 3.22. The summed E-state index contributed by atoms with van der Waals surface area (Å²) in [5, 5.41) is 9.05. The van der Waals surface area contributed by atoms with E-state index >= 15 is 0 Å². The Balaban J connectivity index is 3.11. The summed E-state index contributed by atoms with van der Waals surface area (Å²) in [7, 11) is 0. The van der Waals surface area contributed by atoms with E-state index in [1.807, 2.05) is 0 Å². The molecule has 0 atom stereocenters. The number of alkyl halides is 3. The summed E-state index contributed by atoms with van der Waals surface area (Å²) in [6.07, 6.45) is -0.789. The van der Waals surface area contributed by atoms with Gasteiger partial charge in [0.1, 0.15) is 17.1 Å². The van der Waals surface area contributed by atoms with Crippen LogP contribution in [0.2, 0.25) is 0 Å². The Kier molecular flexibility index (Phi) is 4.15. The maximum absolute atomic E-state index is 13.6. The monoisotopic (exact) mass is 248 g/mol. The second kappa shape index (κ2) is 5.21. The number of aryl methyl sites for hydroxylation is 1. The molecule has 1 aromatic rings. The summed E-state index contributed by atoms with van der Waals surface area (Å²) in [5.74, 6) is -2.47. The first kappa shape index (κ1) is 13.5. The molecule has 0 bridgehead atoms. The molecule has 1 N–H and O–H groups in total. The van der Waals surface area contributed by atoms with Gasteiger partial charge in [-0.25, -0.2) is 4.39 Å². The van der Waals surface area contributed by atoms with Crippen LogP contribution in [0, 0.1) is 5.82 Å². The molecule has 0 aliphatic carbocycles. The third-order valence-electron chi connectivity index (χ3n) is 2.30. The van der Waals surface area contributed by atoms with Gasteiger partial charge in [-0.15, -0.1) is 0 Å². The molecule has 0 saturated carbocycles. The lowest BCUT2D eigenvalue weighted by Crippen LogP contribution is -2.10. The highest BCUT2D eigenvalue weighted by molar-refractivity contribution is 5.40. The predicted molar refractivity (Wildman–Crippen MR) is 56.2 cm³/mol. The second-order valence-electron chi connectivity index (χ2n) is 3.54. The first-order chi connectivity index (χ1) is 7.88. The fourth-order valence-electron chi connectivity index (χ4n) is 1.48. The molecular formula is C12H12F4O. The van der Waals surface area contributed by atoms with Crippen LogP contribution in [-0.2, 0) is 12.6 Å². The summed E-state index contributed by atoms with van der Waals surface area (Å²) >= 11 is 0. The molecule has 17 heavy (non-hydrogen) atoms. The van der Waals surface area contributed by atoms with Crippen molar-refractivity contribution in [1.29, 1.82) is 0 Å². The molecule has 0 radical (unpaired) electrons. The highest BCUT2D eigenvalue weighted by Crippen LogP contribution is 2.38. The Hall–Kier alpha value is -1.52. The van der Waals surface area contributed by atoms with Crippen molar-refractivity contribution in [2.24, 2.45) is 0 Å². The molecule has 94 valence electrons. The maximum atomic E-state index is 13.6. The van der Waals surface area contributed by atoms with Gasteiger partial charge in [0.15, 0.2) is 0 Å². The molecule has 1 rings (SSSR count). The van der Waals surface area contributed by atoms with E-state index in [2.05, 4.69) is 0 Å². The minimum Gasteiger partial charge on any atom is -0.507 e. The van der Waals surface area contributed by atoms with Crippen molar-refractivity contribution in [2.75, 3.05) is 0 Å². The smallest absolute Gasteiger partial charge is 0.422 e. The average molecular weight is 248 g/mol. The zero-order chi connectivity index (χ0) is 13.1. The average Bonchev–Trinajstić information content (AvgIpc) is 2.19. The molecule has 0 aliphatic heterocycles. The van der Waals surface area contributed by atoms with Gasteiger partial charge in [-0.05, 0) is 31.4 Å². The van der Waals surface area contributed by atoms with Crippen LogP contribution in [0.15, 0.2) is 24.3 Å². The van der Waals surface area contributed by atoms with Crippen LogP contribution >= 0.6 is 0 Å². The Morgan fingerprint density at radius 2 is 1.94 bits per heavy atom. The van der Waals surface area contributed by atoms with Crippen molar-refractivity contribution in [2.45, 2.75) is 25.9 Å². The molecule has 0 aliphatic rings. The van der Waals surface area contributed by atoms with Crippen molar-refractivity contribution < 1.29 is 22.7 Å². The van der Waals surface area contributed by atoms with Crippen molar-refractivity contribution in [3.05, 3.63) is 41.2 Å². The zero-order valence-corrected chi connectivity index (χ0v) is 9.18. The summed E-state index contributed by atoms with van der Waals surface area (Å²) in [6.45, 7) is 1.77. The topological polar surface area (TPSA) is 20.2 Å². The van der Waals surface area contributed by atoms with Crippen molar-refractivity contribution in [1.82, 2.24) is 0 Å². The second-order valence-corrected chi connectivity index (χ2v) is 3.54. The number of allylic oxidation sites excluding steroid dienone is 2. The van der Waals surface area contributed by atoms with Crippen molar-refractivity contribution in [3.63, 3.8) is 0 Å². The number of halogens is 4. The van der Waals surface area contributed by atoms with Gasteiger partial charge in [0.2, 0.25) is 0 Å². The predicted octanol–water partition coefficient (Wildman–Crippen LogP) is 4.06. The van der Waals surface area contributed by atoms with Crippen LogP contribution in [0.25, 0.3) is 0 Å². The quantitative estimate of drug-likeness (QED) is 0.631. The lowest BCUT2D eigenvalue weighted by Gasteiger charge is -2.12. The van der Waals surface area contributed by atoms with Crippen LogP contribution < -0.4 is 0 Å². The van der Waals surface area contributed by atoms with Gasteiger partial charge in [-0.3, -0.25) is 0 Å². The van der Waals surface area contributed by atoms with Gasteiger partial charge in [0, 0.05) is 0 Å². The van der Waals surface area contributed by atoms with Gasteiger partial charge < -0.3 is 5.11 Å². The lowest BCUT2D eigenvalue weighted by molar-refractivity contribution is -0.141. The molecule has 0 unspecified atom stereocenters. The van der Waals surface area contributed by atoms with Gasteiger partial charge in [0.25, 0.3) is 0 Å². The first-order valence-corrected chi connectivity index (χ1v) is 5.06. The fraction of sp³-hybridized carbons (Fsp3) is 0.333. The fourth-order valence-corrected chi connectivity index (χ4v) is 1.48. The Morgan fingerprint density at radius 1 is 1.29 bits per heavy atom. The van der Waals surface area contributed by atoms with E-state index < -0.39 is 23.3 Å². The summed E-state index contributed by atoms with van der Waals surface area (Å²) in [6, 6.07) is 2.04. The van der Waals surface area contributed by atoms with E-state index in [-0.39, 0.29) is 12.0 Å². The number of benzene rings is 1. The van der Waals surface area contributed by atoms with E-state index in [0.29, 0.717) is 6.42 Å². The Morgan fingerprint density at radius 3 is 2.47 bits per heavy atom. The molecule has 0 saturated heterocycles. The molecule has 0 heterocycles. The molecule has 5 heteroatoms. The highest BCUT2D eigenvalue weighted by atomic mass is 19.4. The van der Waals surface area contributed by atoms with Crippen LogP contribution in [0.5, 0.6) is 5.75 Å². The largest absolute Gasteiger partial charge is 0.507 e. The third-order valence-corrected chi connectivity index (χ3v) is 2.30. The number of rotatable bonds is 3. The van der Waals surface area contributed by atoms with Crippen LogP contribution in [0.3, 0.4) is 0 Å². The first-order valence-electron chi connectivity index (χ1n) is 5.06. The molecule has 1 aromatic carbocycles. The number of aromatic hydroxyl groups is 1. The molecular weight excluding hydrogens is 236 g/mol. The van der Waals surface area contributed by atoms with E-state index in [9.17, 15) is 17.6 Å². The van der Waals surface area contributed by atoms with Gasteiger partial charge in [0.05, 0.1) is 0 Å². The van der Waals surface area contributed by atoms with E-state index in [1.165, 1.54) is 6.07 Å². The van der Waals surface area contributed by atoms with Crippen LogP contribution in [0.4, 0.5) is 17.6 Å². The molecule has 0 aromatic heterocycles. The number of hydrogen-bond donors (Lipinski definition) is 1. The Bertz CT molecular complexity index is 421.